The summed E-state index contributed by atoms with van der Waals surface area (Å²) in [6.07, 6.45) is 0. The Bertz CT molecular complexity index is 944. The Labute approximate surface area is 177 Å². The molecule has 0 aromatic heterocycles. The molecule has 1 atom stereocenters. The van der Waals surface area contributed by atoms with Crippen LogP contribution in [0.1, 0.15) is 18.5 Å². The van der Waals surface area contributed by atoms with Crippen LogP contribution in [0.3, 0.4) is 0 Å². The largest absolute Gasteiger partial charge is 0.497 e. The number of carbonyl (C=O) groups excluding carboxylic acids is 1. The number of allylic oxidation sites excluding steroid dienone is 1. The zero-order chi connectivity index (χ0) is 20.3. The molecule has 0 bridgehead atoms. The highest BCUT2D eigenvalue weighted by molar-refractivity contribution is 9.10. The molecule has 0 saturated carbocycles. The first-order chi connectivity index (χ1) is 13.4. The predicted molar refractivity (Wildman–Crippen MR) is 117 cm³/mol. The number of nitrogens with one attached hydrogen (secondary N) is 3. The lowest BCUT2D eigenvalue weighted by molar-refractivity contribution is -0.113. The third-order valence-electron chi connectivity index (χ3n) is 4.37. The van der Waals surface area contributed by atoms with Crippen molar-refractivity contribution in [2.45, 2.75) is 13.0 Å². The summed E-state index contributed by atoms with van der Waals surface area (Å²) in [6.45, 7) is 1.83. The number of amides is 1. The third kappa shape index (κ3) is 4.28. The second kappa shape index (κ2) is 8.62. The molecule has 1 amide bonds. The summed E-state index contributed by atoms with van der Waals surface area (Å²) in [5.74, 6) is 0.902. The van der Waals surface area contributed by atoms with E-state index >= 15 is 0 Å². The normalized spacial score (nSPS) is 16.1. The number of methoxy groups -OCH3 is 2. The summed E-state index contributed by atoms with van der Waals surface area (Å²) < 4.78 is 11.5. The fourth-order valence-corrected chi connectivity index (χ4v) is 3.53. The van der Waals surface area contributed by atoms with E-state index in [1.165, 1.54) is 0 Å². The van der Waals surface area contributed by atoms with Gasteiger partial charge in [0.2, 0.25) is 0 Å². The van der Waals surface area contributed by atoms with E-state index in [1.54, 1.807) is 32.4 Å². The van der Waals surface area contributed by atoms with Crippen LogP contribution in [-0.2, 0) is 4.79 Å². The first-order valence-electron chi connectivity index (χ1n) is 8.50. The van der Waals surface area contributed by atoms with E-state index in [0.29, 0.717) is 33.6 Å². The molecule has 0 fully saturated rings. The van der Waals surface area contributed by atoms with Gasteiger partial charge in [-0.3, -0.25) is 4.79 Å². The van der Waals surface area contributed by atoms with E-state index in [2.05, 4.69) is 31.9 Å². The Morgan fingerprint density at radius 3 is 2.50 bits per heavy atom. The number of halogens is 1. The van der Waals surface area contributed by atoms with E-state index in [-0.39, 0.29) is 11.9 Å². The van der Waals surface area contributed by atoms with Crippen LogP contribution < -0.4 is 25.4 Å². The van der Waals surface area contributed by atoms with Crippen molar-refractivity contribution in [3.63, 3.8) is 0 Å². The van der Waals surface area contributed by atoms with Crippen LogP contribution in [0.15, 0.2) is 58.2 Å². The maximum atomic E-state index is 13.2. The Balaban J connectivity index is 1.94. The average molecular weight is 462 g/mol. The van der Waals surface area contributed by atoms with Crippen LogP contribution >= 0.6 is 28.1 Å². The van der Waals surface area contributed by atoms with Crippen molar-refractivity contribution in [2.75, 3.05) is 19.5 Å². The number of hydrogen-bond donors (Lipinski definition) is 3. The Kier molecular flexibility index (Phi) is 6.21. The van der Waals surface area contributed by atoms with E-state index in [9.17, 15) is 4.79 Å². The molecular formula is C20H20BrN3O3S. The number of carbonyl (C=O) groups is 1. The number of hydrogen-bond acceptors (Lipinski definition) is 4. The smallest absolute Gasteiger partial charge is 0.255 e. The van der Waals surface area contributed by atoms with Crippen molar-refractivity contribution in [1.82, 2.24) is 10.6 Å². The molecular weight excluding hydrogens is 442 g/mol. The monoisotopic (exact) mass is 461 g/mol. The predicted octanol–water partition coefficient (Wildman–Crippen LogP) is 3.90. The maximum absolute atomic E-state index is 13.2. The molecule has 3 N–H and O–H groups in total. The molecule has 0 saturated heterocycles. The van der Waals surface area contributed by atoms with Gasteiger partial charge in [-0.15, -0.1) is 0 Å². The summed E-state index contributed by atoms with van der Waals surface area (Å²) in [7, 11) is 3.12. The van der Waals surface area contributed by atoms with Gasteiger partial charge in [-0.25, -0.2) is 0 Å². The SMILES string of the molecule is COc1ccc(NC(=O)C2=C(C)NC(=S)N[C@@H]2c2ccc(Br)cc2)c(OC)c1. The van der Waals surface area contributed by atoms with Crippen molar-refractivity contribution < 1.29 is 14.3 Å². The molecule has 1 aliphatic rings. The lowest BCUT2D eigenvalue weighted by Gasteiger charge is -2.30. The molecule has 146 valence electrons. The molecule has 0 unspecified atom stereocenters. The molecule has 28 heavy (non-hydrogen) atoms. The molecule has 0 spiro atoms. The zero-order valence-electron chi connectivity index (χ0n) is 15.6. The van der Waals surface area contributed by atoms with E-state index in [1.807, 2.05) is 31.2 Å². The van der Waals surface area contributed by atoms with Gasteiger partial charge in [0.05, 0.1) is 31.5 Å². The van der Waals surface area contributed by atoms with Crippen LogP contribution in [0.25, 0.3) is 0 Å². The summed E-state index contributed by atoms with van der Waals surface area (Å²) in [5.41, 5.74) is 2.73. The highest BCUT2D eigenvalue weighted by atomic mass is 79.9. The molecule has 2 aromatic rings. The summed E-state index contributed by atoms with van der Waals surface area (Å²) in [5, 5.41) is 9.62. The molecule has 8 heteroatoms. The van der Waals surface area contributed by atoms with Gasteiger partial charge in [-0.2, -0.15) is 0 Å². The molecule has 2 aromatic carbocycles. The molecule has 0 radical (unpaired) electrons. The molecule has 6 nitrogen and oxygen atoms in total. The Hall–Kier alpha value is -2.58. The van der Waals surface area contributed by atoms with Crippen molar-refractivity contribution in [2.24, 2.45) is 0 Å². The number of anilines is 1. The molecule has 0 aliphatic carbocycles. The van der Waals surface area contributed by atoms with Crippen molar-refractivity contribution in [1.29, 1.82) is 0 Å². The maximum Gasteiger partial charge on any atom is 0.255 e. The average Bonchev–Trinajstić information content (AvgIpc) is 2.68. The number of thiocarbonyl (C=S) groups is 1. The minimum absolute atomic E-state index is 0.253. The molecule has 1 heterocycles. The minimum Gasteiger partial charge on any atom is -0.497 e. The van der Waals surface area contributed by atoms with Crippen LogP contribution in [-0.4, -0.2) is 25.2 Å². The van der Waals surface area contributed by atoms with Crippen LogP contribution in [0, 0.1) is 0 Å². The second-order valence-electron chi connectivity index (χ2n) is 6.14. The standard InChI is InChI=1S/C20H20BrN3O3S/c1-11-17(18(24-20(28)22-11)12-4-6-13(21)7-5-12)19(25)23-15-9-8-14(26-2)10-16(15)27-3/h4-10,18H,1-3H3,(H,23,25)(H2,22,24,28)/t18-/m1/s1. The van der Waals surface area contributed by atoms with Gasteiger partial charge in [0.15, 0.2) is 5.11 Å². The summed E-state index contributed by atoms with van der Waals surface area (Å²) >= 11 is 8.73. The highest BCUT2D eigenvalue weighted by Crippen LogP contribution is 2.32. The minimum atomic E-state index is -0.369. The third-order valence-corrected chi connectivity index (χ3v) is 5.12. The number of ether oxygens (including phenoxy) is 2. The van der Waals surface area contributed by atoms with Crippen molar-refractivity contribution >= 4 is 44.9 Å². The van der Waals surface area contributed by atoms with Crippen molar-refractivity contribution in [3.05, 3.63) is 63.8 Å². The fourth-order valence-electron chi connectivity index (χ4n) is 2.99. The van der Waals surface area contributed by atoms with Gasteiger partial charge in [0.25, 0.3) is 5.91 Å². The summed E-state index contributed by atoms with van der Waals surface area (Å²) in [4.78, 5) is 13.2. The van der Waals surface area contributed by atoms with E-state index in [0.717, 1.165) is 10.0 Å². The molecule has 3 rings (SSSR count). The van der Waals surface area contributed by atoms with Crippen molar-refractivity contribution in [3.8, 4) is 11.5 Å². The topological polar surface area (TPSA) is 71.6 Å². The lowest BCUT2D eigenvalue weighted by Crippen LogP contribution is -2.45. The number of benzene rings is 2. The van der Waals surface area contributed by atoms with Gasteiger partial charge in [0.1, 0.15) is 11.5 Å². The van der Waals surface area contributed by atoms with Crippen LogP contribution in [0.5, 0.6) is 11.5 Å². The lowest BCUT2D eigenvalue weighted by atomic mass is 9.95. The first kappa shape index (κ1) is 20.2. The van der Waals surface area contributed by atoms with E-state index < -0.39 is 0 Å². The van der Waals surface area contributed by atoms with Gasteiger partial charge in [-0.05, 0) is 49.0 Å². The molecule has 1 aliphatic heterocycles. The Morgan fingerprint density at radius 1 is 1.14 bits per heavy atom. The zero-order valence-corrected chi connectivity index (χ0v) is 18.0. The van der Waals surface area contributed by atoms with Crippen LogP contribution in [0.4, 0.5) is 5.69 Å². The fraction of sp³-hybridized carbons (Fsp3) is 0.200. The van der Waals surface area contributed by atoms with Gasteiger partial charge < -0.3 is 25.4 Å². The quantitative estimate of drug-likeness (QED) is 0.586. The van der Waals surface area contributed by atoms with Gasteiger partial charge in [0, 0.05) is 16.2 Å². The second-order valence-corrected chi connectivity index (χ2v) is 7.47. The Morgan fingerprint density at radius 2 is 1.86 bits per heavy atom. The van der Waals surface area contributed by atoms with Crippen LogP contribution in [0.2, 0.25) is 0 Å². The first-order valence-corrected chi connectivity index (χ1v) is 9.70. The highest BCUT2D eigenvalue weighted by Gasteiger charge is 2.30. The number of rotatable bonds is 5. The summed E-state index contributed by atoms with van der Waals surface area (Å²) in [6, 6.07) is 12.6. The van der Waals surface area contributed by atoms with Gasteiger partial charge >= 0.3 is 0 Å². The van der Waals surface area contributed by atoms with Gasteiger partial charge in [-0.1, -0.05) is 28.1 Å². The van der Waals surface area contributed by atoms with E-state index in [4.69, 9.17) is 21.7 Å².